The van der Waals surface area contributed by atoms with Gasteiger partial charge in [0.05, 0.1) is 0 Å². The molecule has 0 spiro atoms. The number of rotatable bonds is 1. The van der Waals surface area contributed by atoms with E-state index in [4.69, 9.17) is 5.11 Å². The maximum atomic E-state index is 9.54. The van der Waals surface area contributed by atoms with Crippen LogP contribution >= 0.6 is 0 Å². The van der Waals surface area contributed by atoms with Crippen LogP contribution in [-0.4, -0.2) is 39.9 Å². The van der Waals surface area contributed by atoms with Gasteiger partial charge >= 0.3 is 29.0 Å². The fourth-order valence-corrected chi connectivity index (χ4v) is 0. The number of ketones is 1. The van der Waals surface area contributed by atoms with Crippen molar-refractivity contribution in [2.75, 3.05) is 0 Å². The van der Waals surface area contributed by atoms with E-state index in [9.17, 15) is 9.59 Å². The number of hydrogen-bond acceptors (Lipinski definition) is 2. The molecule has 7 heavy (non-hydrogen) atoms. The van der Waals surface area contributed by atoms with Crippen LogP contribution in [0.4, 0.5) is 0 Å². The first-order chi connectivity index (χ1) is 2.64. The van der Waals surface area contributed by atoms with E-state index in [1.54, 1.807) is 0 Å². The Hall–Kier alpha value is -0.0938. The quantitative estimate of drug-likeness (QED) is 0.360. The first-order valence-electron chi connectivity index (χ1n) is 1.38. The Kier molecular flexibility index (Phi) is 5.83. The monoisotopic (exact) mass is 112 g/mol. The molecule has 0 heterocycles. The zero-order valence-electron chi connectivity index (χ0n) is 3.97. The summed E-state index contributed by atoms with van der Waals surface area (Å²) in [5.41, 5.74) is 0. The Morgan fingerprint density at radius 3 is 1.57 bits per heavy atom. The normalized spacial score (nSPS) is 6.43. The predicted molar refractivity (Wildman–Crippen MR) is 24.1 cm³/mol. The van der Waals surface area contributed by atoms with E-state index in [1.807, 2.05) is 0 Å². The van der Waals surface area contributed by atoms with E-state index in [2.05, 4.69) is 0 Å². The third-order valence-electron chi connectivity index (χ3n) is 0.301. The first-order valence-corrected chi connectivity index (χ1v) is 1.38. The SMILES string of the molecule is CC(=O)C(=O)O.[Mg+2]. The number of carboxylic acid groups (broad SMARTS) is 1. The van der Waals surface area contributed by atoms with Gasteiger partial charge in [0.25, 0.3) is 0 Å². The molecule has 0 aliphatic carbocycles. The Morgan fingerprint density at radius 1 is 1.43 bits per heavy atom. The summed E-state index contributed by atoms with van der Waals surface area (Å²) in [5, 5.41) is 7.64. The Labute approximate surface area is 56.9 Å². The van der Waals surface area contributed by atoms with Gasteiger partial charge in [0.1, 0.15) is 0 Å². The van der Waals surface area contributed by atoms with Crippen molar-refractivity contribution in [1.29, 1.82) is 0 Å². The van der Waals surface area contributed by atoms with Crippen LogP contribution in [0.25, 0.3) is 0 Å². The molecule has 0 aliphatic rings. The zero-order chi connectivity index (χ0) is 5.15. The van der Waals surface area contributed by atoms with Crippen molar-refractivity contribution in [3.05, 3.63) is 0 Å². The van der Waals surface area contributed by atoms with E-state index < -0.39 is 11.8 Å². The van der Waals surface area contributed by atoms with E-state index >= 15 is 0 Å². The van der Waals surface area contributed by atoms with Crippen molar-refractivity contribution < 1.29 is 14.7 Å². The first kappa shape index (κ1) is 10.0. The van der Waals surface area contributed by atoms with Gasteiger partial charge in [-0.15, -0.1) is 0 Å². The van der Waals surface area contributed by atoms with Crippen LogP contribution in [0.2, 0.25) is 0 Å². The van der Waals surface area contributed by atoms with Gasteiger partial charge in [-0.3, -0.25) is 4.79 Å². The molecule has 3 nitrogen and oxygen atoms in total. The molecule has 0 amide bonds. The smallest absolute Gasteiger partial charge is 0.476 e. The standard InChI is InChI=1S/C3H4O3.Mg/c1-2(4)3(5)6;/h1H3,(H,5,6);/q;+2. The third-order valence-corrected chi connectivity index (χ3v) is 0.301. The Balaban J connectivity index is 0. The molecule has 1 N–H and O–H groups in total. The minimum Gasteiger partial charge on any atom is -0.476 e. The number of carbonyl (C=O) groups excluding carboxylic acids is 1. The van der Waals surface area contributed by atoms with Gasteiger partial charge in [-0.05, 0) is 0 Å². The number of Topliss-reactive ketones (excluding diaryl/α,β-unsaturated/α-hetero) is 1. The zero-order valence-corrected chi connectivity index (χ0v) is 5.39. The molecule has 0 aromatic rings. The van der Waals surface area contributed by atoms with Gasteiger partial charge in [0.15, 0.2) is 0 Å². The summed E-state index contributed by atoms with van der Waals surface area (Å²) < 4.78 is 0. The van der Waals surface area contributed by atoms with Gasteiger partial charge < -0.3 is 5.11 Å². The molecular formula is C3H4MgO3+2. The largest absolute Gasteiger partial charge is 2.00 e. The van der Waals surface area contributed by atoms with E-state index in [0.717, 1.165) is 6.92 Å². The molecule has 0 bridgehead atoms. The molecule has 0 aliphatic heterocycles. The summed E-state index contributed by atoms with van der Waals surface area (Å²) in [7, 11) is 0. The van der Waals surface area contributed by atoms with Crippen LogP contribution in [0.3, 0.4) is 0 Å². The van der Waals surface area contributed by atoms with Gasteiger partial charge in [-0.25, -0.2) is 4.79 Å². The molecular weight excluding hydrogens is 108 g/mol. The van der Waals surface area contributed by atoms with Crippen molar-refractivity contribution in [2.24, 2.45) is 0 Å². The Bertz CT molecular complexity index is 76.2. The molecule has 34 valence electrons. The number of carboxylic acids is 1. The molecule has 0 fully saturated rings. The van der Waals surface area contributed by atoms with Crippen LogP contribution in [0.1, 0.15) is 6.92 Å². The molecule has 0 unspecified atom stereocenters. The predicted octanol–water partition coefficient (Wildman–Crippen LogP) is -0.721. The van der Waals surface area contributed by atoms with Crippen LogP contribution in [0.15, 0.2) is 0 Å². The summed E-state index contributed by atoms with van der Waals surface area (Å²) in [6.07, 6.45) is 0. The summed E-state index contributed by atoms with van der Waals surface area (Å²) in [4.78, 5) is 18.9. The van der Waals surface area contributed by atoms with Gasteiger partial charge in [-0.1, -0.05) is 0 Å². The average Bonchev–Trinajstić information content (AvgIpc) is 1.36. The molecule has 0 radical (unpaired) electrons. The van der Waals surface area contributed by atoms with Crippen LogP contribution in [0.5, 0.6) is 0 Å². The number of hydrogen-bond donors (Lipinski definition) is 1. The minimum atomic E-state index is -1.38. The fraction of sp³-hybridized carbons (Fsp3) is 0.333. The van der Waals surface area contributed by atoms with Crippen molar-refractivity contribution in [2.45, 2.75) is 6.92 Å². The van der Waals surface area contributed by atoms with Crippen molar-refractivity contribution in [3.63, 3.8) is 0 Å². The van der Waals surface area contributed by atoms with Crippen LogP contribution in [-0.2, 0) is 9.59 Å². The van der Waals surface area contributed by atoms with Crippen molar-refractivity contribution >= 4 is 34.8 Å². The molecule has 0 atom stereocenters. The summed E-state index contributed by atoms with van der Waals surface area (Å²) in [5.74, 6) is -2.20. The maximum absolute atomic E-state index is 9.54. The minimum absolute atomic E-state index is 0. The van der Waals surface area contributed by atoms with E-state index in [0.29, 0.717) is 0 Å². The van der Waals surface area contributed by atoms with Gasteiger partial charge in [-0.2, -0.15) is 0 Å². The number of aliphatic carboxylic acids is 1. The van der Waals surface area contributed by atoms with Gasteiger partial charge in [0, 0.05) is 6.92 Å². The number of carbonyl (C=O) groups is 2. The molecule has 0 aromatic heterocycles. The molecule has 4 heteroatoms. The van der Waals surface area contributed by atoms with Crippen molar-refractivity contribution in [3.8, 4) is 0 Å². The average molecular weight is 112 g/mol. The summed E-state index contributed by atoms with van der Waals surface area (Å²) >= 11 is 0. The van der Waals surface area contributed by atoms with E-state index in [1.165, 1.54) is 0 Å². The van der Waals surface area contributed by atoms with E-state index in [-0.39, 0.29) is 23.1 Å². The Morgan fingerprint density at radius 2 is 1.57 bits per heavy atom. The topological polar surface area (TPSA) is 54.4 Å². The summed E-state index contributed by atoms with van der Waals surface area (Å²) in [6.45, 7) is 1.00. The fourth-order valence-electron chi connectivity index (χ4n) is 0. The van der Waals surface area contributed by atoms with Crippen LogP contribution < -0.4 is 0 Å². The third kappa shape index (κ3) is 5.91. The molecule has 0 saturated heterocycles. The molecule has 0 saturated carbocycles. The second kappa shape index (κ2) is 4.08. The van der Waals surface area contributed by atoms with Gasteiger partial charge in [0.2, 0.25) is 5.78 Å². The summed E-state index contributed by atoms with van der Waals surface area (Å²) in [6, 6.07) is 0. The van der Waals surface area contributed by atoms with Crippen LogP contribution in [0, 0.1) is 0 Å². The van der Waals surface area contributed by atoms with Crippen molar-refractivity contribution in [1.82, 2.24) is 0 Å². The maximum Gasteiger partial charge on any atom is 2.00 e. The second-order valence-corrected chi connectivity index (χ2v) is 0.861. The molecule has 0 rings (SSSR count). The molecule has 0 aromatic carbocycles. The second-order valence-electron chi connectivity index (χ2n) is 0.861.